The number of likely N-dealkylation sites (tertiary alicyclic amines) is 1. The molecular weight excluding hydrogens is 324 g/mol. The van der Waals surface area contributed by atoms with Crippen molar-refractivity contribution >= 4 is 11.8 Å². The average molecular weight is 357 g/mol. The fourth-order valence-electron chi connectivity index (χ4n) is 4.40. The summed E-state index contributed by atoms with van der Waals surface area (Å²) in [5, 5.41) is 3.27. The zero-order valence-corrected chi connectivity index (χ0v) is 16.2. The number of hydrogen-bond acceptors (Lipinski definition) is 2. The number of benzene rings is 1. The fraction of sp³-hybridized carbons (Fsp3) is 0.636. The van der Waals surface area contributed by atoms with Crippen LogP contribution in [0.2, 0.25) is 0 Å². The Labute approximate surface area is 157 Å². The summed E-state index contributed by atoms with van der Waals surface area (Å²) < 4.78 is 0. The van der Waals surface area contributed by atoms with Crippen LogP contribution in [0.15, 0.2) is 18.2 Å². The van der Waals surface area contributed by atoms with Gasteiger partial charge in [-0.25, -0.2) is 0 Å². The van der Waals surface area contributed by atoms with Crippen molar-refractivity contribution in [3.8, 4) is 0 Å². The molecule has 1 heterocycles. The normalized spacial score (nSPS) is 21.9. The van der Waals surface area contributed by atoms with E-state index in [1.54, 1.807) is 0 Å². The molecular formula is C22H32N2O2. The highest BCUT2D eigenvalue weighted by molar-refractivity contribution is 5.95. The monoisotopic (exact) mass is 356 g/mol. The Balaban J connectivity index is 1.61. The first-order valence-corrected chi connectivity index (χ1v) is 10.2. The maximum Gasteiger partial charge on any atom is 0.253 e. The van der Waals surface area contributed by atoms with Gasteiger partial charge in [-0.3, -0.25) is 9.59 Å². The minimum atomic E-state index is -0.0677. The lowest BCUT2D eigenvalue weighted by molar-refractivity contribution is -0.127. The third kappa shape index (κ3) is 4.87. The van der Waals surface area contributed by atoms with Gasteiger partial charge in [0.25, 0.3) is 5.91 Å². The zero-order valence-electron chi connectivity index (χ0n) is 16.2. The molecule has 2 aliphatic rings. The van der Waals surface area contributed by atoms with E-state index in [2.05, 4.69) is 11.4 Å². The van der Waals surface area contributed by atoms with Crippen LogP contribution in [-0.2, 0) is 4.79 Å². The van der Waals surface area contributed by atoms with Crippen LogP contribution >= 0.6 is 0 Å². The summed E-state index contributed by atoms with van der Waals surface area (Å²) >= 11 is 0. The zero-order chi connectivity index (χ0) is 18.5. The van der Waals surface area contributed by atoms with Crippen LogP contribution in [0.3, 0.4) is 0 Å². The van der Waals surface area contributed by atoms with Gasteiger partial charge in [-0.2, -0.15) is 0 Å². The summed E-state index contributed by atoms with van der Waals surface area (Å²) in [6, 6.07) is 6.31. The fourth-order valence-corrected chi connectivity index (χ4v) is 4.40. The smallest absolute Gasteiger partial charge is 0.253 e. The molecule has 0 bridgehead atoms. The number of carbonyl (C=O) groups excluding carboxylic acids is 2. The van der Waals surface area contributed by atoms with E-state index >= 15 is 0 Å². The van der Waals surface area contributed by atoms with E-state index in [4.69, 9.17) is 0 Å². The maximum atomic E-state index is 12.9. The summed E-state index contributed by atoms with van der Waals surface area (Å²) in [7, 11) is 0. The molecule has 2 fully saturated rings. The lowest BCUT2D eigenvalue weighted by atomic mass is 9.95. The Bertz CT molecular complexity index is 627. The number of piperidine rings is 1. The number of nitrogens with zero attached hydrogens (tertiary/aromatic N) is 1. The summed E-state index contributed by atoms with van der Waals surface area (Å²) in [4.78, 5) is 27.5. The van der Waals surface area contributed by atoms with Gasteiger partial charge in [0.05, 0.1) is 5.92 Å². The lowest BCUT2D eigenvalue weighted by Gasteiger charge is -2.33. The van der Waals surface area contributed by atoms with Crippen molar-refractivity contribution in [2.45, 2.75) is 71.3 Å². The van der Waals surface area contributed by atoms with E-state index in [9.17, 15) is 9.59 Å². The second-order valence-electron chi connectivity index (χ2n) is 8.16. The van der Waals surface area contributed by atoms with Crippen molar-refractivity contribution in [2.24, 2.45) is 5.92 Å². The van der Waals surface area contributed by atoms with Gasteiger partial charge in [0.2, 0.25) is 5.91 Å². The quantitative estimate of drug-likeness (QED) is 0.833. The molecule has 1 aromatic carbocycles. The predicted molar refractivity (Wildman–Crippen MR) is 104 cm³/mol. The van der Waals surface area contributed by atoms with E-state index in [1.807, 2.05) is 30.9 Å². The minimum absolute atomic E-state index is 0.0590. The van der Waals surface area contributed by atoms with Crippen LogP contribution in [0.1, 0.15) is 72.9 Å². The van der Waals surface area contributed by atoms with Crippen LogP contribution in [0.5, 0.6) is 0 Å². The first-order chi connectivity index (χ1) is 12.5. The second-order valence-corrected chi connectivity index (χ2v) is 8.16. The van der Waals surface area contributed by atoms with Crippen molar-refractivity contribution in [3.63, 3.8) is 0 Å². The van der Waals surface area contributed by atoms with Crippen LogP contribution < -0.4 is 5.32 Å². The molecule has 1 N–H and O–H groups in total. The molecule has 4 nitrogen and oxygen atoms in total. The molecule has 2 amide bonds. The summed E-state index contributed by atoms with van der Waals surface area (Å²) in [5.41, 5.74) is 2.95. The number of aryl methyl sites for hydroxylation is 2. The summed E-state index contributed by atoms with van der Waals surface area (Å²) in [6.07, 6.45) is 8.99. The van der Waals surface area contributed by atoms with E-state index < -0.39 is 0 Å². The van der Waals surface area contributed by atoms with Gasteiger partial charge in [0, 0.05) is 24.7 Å². The van der Waals surface area contributed by atoms with E-state index in [1.165, 1.54) is 25.7 Å². The van der Waals surface area contributed by atoms with E-state index in [-0.39, 0.29) is 17.7 Å². The van der Waals surface area contributed by atoms with Gasteiger partial charge >= 0.3 is 0 Å². The third-order valence-electron chi connectivity index (χ3n) is 5.75. The molecule has 1 saturated carbocycles. The standard InChI is InChI=1S/C22H32N2O2/c1-16-12-17(2)14-19(13-16)22(26)24-11-7-8-18(15-24)21(25)23-20-9-5-3-4-6-10-20/h12-14,18,20H,3-11,15H2,1-2H3,(H,23,25). The minimum Gasteiger partial charge on any atom is -0.353 e. The first kappa shape index (κ1) is 18.9. The van der Waals surface area contributed by atoms with E-state index in [0.717, 1.165) is 48.9 Å². The number of rotatable bonds is 3. The molecule has 142 valence electrons. The molecule has 3 rings (SSSR count). The van der Waals surface area contributed by atoms with Crippen molar-refractivity contribution in [1.82, 2.24) is 10.2 Å². The molecule has 0 radical (unpaired) electrons. The molecule has 1 aliphatic carbocycles. The Kier molecular flexibility index (Phi) is 6.33. The number of amides is 2. The SMILES string of the molecule is Cc1cc(C)cc(C(=O)N2CCCC(C(=O)NC3CCCCCC3)C2)c1. The van der Waals surface area contributed by atoms with Crippen LogP contribution in [0.25, 0.3) is 0 Å². The first-order valence-electron chi connectivity index (χ1n) is 10.2. The summed E-state index contributed by atoms with van der Waals surface area (Å²) in [6.45, 7) is 5.33. The largest absolute Gasteiger partial charge is 0.353 e. The maximum absolute atomic E-state index is 12.9. The number of hydrogen-bond donors (Lipinski definition) is 1. The molecule has 1 aliphatic heterocycles. The highest BCUT2D eigenvalue weighted by atomic mass is 16.2. The second kappa shape index (κ2) is 8.70. The molecule has 0 spiro atoms. The number of nitrogens with one attached hydrogen (secondary N) is 1. The molecule has 1 unspecified atom stereocenters. The van der Waals surface area contributed by atoms with Gasteiger partial charge in [-0.05, 0) is 51.7 Å². The topological polar surface area (TPSA) is 49.4 Å². The highest BCUT2D eigenvalue weighted by Crippen LogP contribution is 2.22. The predicted octanol–water partition coefficient (Wildman–Crippen LogP) is 3.99. The molecule has 1 aromatic rings. The Morgan fingerprint density at radius 3 is 2.23 bits per heavy atom. The molecule has 1 atom stereocenters. The van der Waals surface area contributed by atoms with Gasteiger partial charge in [0.1, 0.15) is 0 Å². The van der Waals surface area contributed by atoms with Crippen molar-refractivity contribution in [3.05, 3.63) is 34.9 Å². The Hall–Kier alpha value is -1.84. The lowest BCUT2D eigenvalue weighted by Crippen LogP contribution is -2.47. The average Bonchev–Trinajstić information content (AvgIpc) is 2.89. The van der Waals surface area contributed by atoms with Gasteiger partial charge in [-0.15, -0.1) is 0 Å². The molecule has 1 saturated heterocycles. The molecule has 0 aromatic heterocycles. The van der Waals surface area contributed by atoms with Crippen molar-refractivity contribution < 1.29 is 9.59 Å². The summed E-state index contributed by atoms with van der Waals surface area (Å²) in [5.74, 6) is 0.139. The Morgan fingerprint density at radius 2 is 1.58 bits per heavy atom. The van der Waals surface area contributed by atoms with Crippen molar-refractivity contribution in [2.75, 3.05) is 13.1 Å². The van der Waals surface area contributed by atoms with Crippen LogP contribution in [0, 0.1) is 19.8 Å². The van der Waals surface area contributed by atoms with E-state index in [0.29, 0.717) is 12.6 Å². The van der Waals surface area contributed by atoms with Gasteiger partial charge in [-0.1, -0.05) is 42.9 Å². The van der Waals surface area contributed by atoms with Gasteiger partial charge in [0.15, 0.2) is 0 Å². The number of carbonyl (C=O) groups is 2. The van der Waals surface area contributed by atoms with Gasteiger partial charge < -0.3 is 10.2 Å². The highest BCUT2D eigenvalue weighted by Gasteiger charge is 2.30. The van der Waals surface area contributed by atoms with Crippen molar-refractivity contribution in [1.29, 1.82) is 0 Å². The third-order valence-corrected chi connectivity index (χ3v) is 5.75. The van der Waals surface area contributed by atoms with Crippen LogP contribution in [0.4, 0.5) is 0 Å². The molecule has 26 heavy (non-hydrogen) atoms. The Morgan fingerprint density at radius 1 is 0.923 bits per heavy atom. The van der Waals surface area contributed by atoms with Crippen LogP contribution in [-0.4, -0.2) is 35.8 Å². The molecule has 4 heteroatoms.